The first-order valence-electron chi connectivity index (χ1n) is 6.42. The molecular weight excluding hydrogens is 261 g/mol. The highest BCUT2D eigenvalue weighted by molar-refractivity contribution is 5.91. The van der Waals surface area contributed by atoms with Crippen LogP contribution in [0.25, 0.3) is 10.9 Å². The van der Waals surface area contributed by atoms with Gasteiger partial charge in [0.2, 0.25) is 0 Å². The van der Waals surface area contributed by atoms with Gasteiger partial charge in [-0.25, -0.2) is 9.18 Å². The Hall–Kier alpha value is -2.37. The quantitative estimate of drug-likeness (QED) is 0.884. The minimum absolute atomic E-state index is 0.0416. The third-order valence-corrected chi connectivity index (χ3v) is 3.51. The van der Waals surface area contributed by atoms with Crippen molar-refractivity contribution in [3.8, 4) is 0 Å². The topological polar surface area (TPSA) is 65.5 Å². The summed E-state index contributed by atoms with van der Waals surface area (Å²) in [7, 11) is 0. The van der Waals surface area contributed by atoms with Crippen molar-refractivity contribution in [2.24, 2.45) is 0 Å². The average Bonchev–Trinajstić information content (AvgIpc) is 2.88. The van der Waals surface area contributed by atoms with Gasteiger partial charge in [-0.1, -0.05) is 6.07 Å². The Morgan fingerprint density at radius 3 is 3.10 bits per heavy atom. The van der Waals surface area contributed by atoms with Crippen LogP contribution >= 0.6 is 0 Å². The van der Waals surface area contributed by atoms with Gasteiger partial charge in [0.25, 0.3) is 0 Å². The summed E-state index contributed by atoms with van der Waals surface area (Å²) >= 11 is 0. The Balaban J connectivity index is 1.85. The third-order valence-electron chi connectivity index (χ3n) is 3.51. The summed E-state index contributed by atoms with van der Waals surface area (Å²) in [6.45, 7) is 0.957. The van der Waals surface area contributed by atoms with Crippen LogP contribution in [0.5, 0.6) is 0 Å². The van der Waals surface area contributed by atoms with Crippen molar-refractivity contribution in [2.45, 2.75) is 12.5 Å². The minimum Gasteiger partial charge on any atom is -0.465 e. The lowest BCUT2D eigenvalue weighted by Gasteiger charge is -2.16. The lowest BCUT2D eigenvalue weighted by Crippen LogP contribution is -2.30. The summed E-state index contributed by atoms with van der Waals surface area (Å²) in [5, 5.41) is 12.9. The van der Waals surface area contributed by atoms with Gasteiger partial charge in [-0.15, -0.1) is 0 Å². The monoisotopic (exact) mass is 275 g/mol. The summed E-state index contributed by atoms with van der Waals surface area (Å²) in [6, 6.07) is 7.00. The van der Waals surface area contributed by atoms with E-state index in [1.165, 1.54) is 17.2 Å². The molecule has 0 radical (unpaired) electrons. The number of nitrogens with one attached hydrogen (secondary N) is 1. The number of amides is 1. The molecule has 1 aromatic carbocycles. The molecule has 1 aromatic heterocycles. The molecule has 1 amide bonds. The number of carbonyl (C=O) groups is 1. The van der Waals surface area contributed by atoms with Gasteiger partial charge >= 0.3 is 6.09 Å². The number of nitrogens with zero attached hydrogens (tertiary/aromatic N) is 2. The zero-order valence-corrected chi connectivity index (χ0v) is 10.7. The van der Waals surface area contributed by atoms with Crippen LogP contribution in [-0.4, -0.2) is 40.2 Å². The molecule has 0 bridgehead atoms. The molecule has 2 heterocycles. The molecule has 0 saturated carbocycles. The molecule has 1 aliphatic rings. The second-order valence-corrected chi connectivity index (χ2v) is 4.88. The van der Waals surface area contributed by atoms with E-state index in [1.54, 1.807) is 0 Å². The molecule has 1 aliphatic heterocycles. The van der Waals surface area contributed by atoms with E-state index in [0.29, 0.717) is 24.0 Å². The number of rotatable bonds is 2. The number of anilines is 1. The maximum atomic E-state index is 13.3. The summed E-state index contributed by atoms with van der Waals surface area (Å²) in [6.07, 6.45) is 1.03. The molecule has 5 nitrogen and oxygen atoms in total. The van der Waals surface area contributed by atoms with Crippen LogP contribution in [0.3, 0.4) is 0 Å². The first-order valence-corrected chi connectivity index (χ1v) is 6.42. The Morgan fingerprint density at radius 2 is 2.35 bits per heavy atom. The molecule has 1 atom stereocenters. The van der Waals surface area contributed by atoms with E-state index in [2.05, 4.69) is 10.3 Å². The smallest absolute Gasteiger partial charge is 0.407 e. The highest BCUT2D eigenvalue weighted by Gasteiger charge is 2.25. The van der Waals surface area contributed by atoms with E-state index in [0.717, 1.165) is 12.1 Å². The number of aromatic nitrogens is 1. The highest BCUT2D eigenvalue weighted by atomic mass is 19.1. The molecular formula is C14H14FN3O2. The van der Waals surface area contributed by atoms with Crippen molar-refractivity contribution < 1.29 is 14.3 Å². The predicted molar refractivity (Wildman–Crippen MR) is 73.3 cm³/mol. The highest BCUT2D eigenvalue weighted by Crippen LogP contribution is 2.25. The van der Waals surface area contributed by atoms with Gasteiger partial charge in [0, 0.05) is 30.2 Å². The average molecular weight is 275 g/mol. The lowest BCUT2D eigenvalue weighted by molar-refractivity contribution is 0.155. The van der Waals surface area contributed by atoms with E-state index in [-0.39, 0.29) is 11.9 Å². The standard InChI is InChI=1S/C14H14FN3O2/c15-9-6-11-12(16-7-9)2-1-3-13(11)17-10-4-5-18(8-10)14(19)20/h1-3,6-7,10,17H,4-5,8H2,(H,19,20)/t10-/m0/s1. The summed E-state index contributed by atoms with van der Waals surface area (Å²) in [5.41, 5.74) is 1.50. The van der Waals surface area contributed by atoms with Gasteiger partial charge in [0.05, 0.1) is 11.7 Å². The summed E-state index contributed by atoms with van der Waals surface area (Å²) in [5.74, 6) is -0.384. The summed E-state index contributed by atoms with van der Waals surface area (Å²) < 4.78 is 13.3. The van der Waals surface area contributed by atoms with Crippen LogP contribution in [0, 0.1) is 5.82 Å². The van der Waals surface area contributed by atoms with Crippen molar-refractivity contribution >= 4 is 22.7 Å². The zero-order valence-electron chi connectivity index (χ0n) is 10.7. The van der Waals surface area contributed by atoms with E-state index >= 15 is 0 Å². The van der Waals surface area contributed by atoms with Crippen molar-refractivity contribution in [1.29, 1.82) is 0 Å². The number of fused-ring (bicyclic) bond motifs is 1. The Labute approximate surface area is 115 Å². The minimum atomic E-state index is -0.903. The van der Waals surface area contributed by atoms with Crippen LogP contribution in [0.2, 0.25) is 0 Å². The maximum absolute atomic E-state index is 13.3. The van der Waals surface area contributed by atoms with Gasteiger partial charge in [0.1, 0.15) is 5.82 Å². The van der Waals surface area contributed by atoms with E-state index < -0.39 is 6.09 Å². The first-order chi connectivity index (χ1) is 9.63. The predicted octanol–water partition coefficient (Wildman–Crippen LogP) is 2.54. The lowest BCUT2D eigenvalue weighted by atomic mass is 10.1. The molecule has 1 fully saturated rings. The molecule has 20 heavy (non-hydrogen) atoms. The fourth-order valence-corrected chi connectivity index (χ4v) is 2.52. The molecule has 0 spiro atoms. The normalized spacial score (nSPS) is 18.4. The van der Waals surface area contributed by atoms with Crippen LogP contribution in [0.1, 0.15) is 6.42 Å². The SMILES string of the molecule is O=C(O)N1CC[C@H](Nc2cccc3ncc(F)cc23)C1. The summed E-state index contributed by atoms with van der Waals surface area (Å²) in [4.78, 5) is 16.3. The van der Waals surface area contributed by atoms with E-state index in [1.807, 2.05) is 18.2 Å². The Morgan fingerprint density at radius 1 is 1.50 bits per heavy atom. The van der Waals surface area contributed by atoms with Gasteiger partial charge in [-0.2, -0.15) is 0 Å². The number of benzene rings is 1. The van der Waals surface area contributed by atoms with E-state index in [4.69, 9.17) is 5.11 Å². The molecule has 2 aromatic rings. The van der Waals surface area contributed by atoms with Gasteiger partial charge < -0.3 is 15.3 Å². The molecule has 0 unspecified atom stereocenters. The largest absolute Gasteiger partial charge is 0.465 e. The van der Waals surface area contributed by atoms with Gasteiger partial charge in [-0.3, -0.25) is 4.98 Å². The molecule has 104 valence electrons. The van der Waals surface area contributed by atoms with E-state index in [9.17, 15) is 9.18 Å². The van der Waals surface area contributed by atoms with Crippen LogP contribution in [-0.2, 0) is 0 Å². The van der Waals surface area contributed by atoms with Gasteiger partial charge in [-0.05, 0) is 24.6 Å². The molecule has 1 saturated heterocycles. The van der Waals surface area contributed by atoms with Crippen molar-refractivity contribution in [2.75, 3.05) is 18.4 Å². The second kappa shape index (κ2) is 4.96. The number of hydrogen-bond donors (Lipinski definition) is 2. The van der Waals surface area contributed by atoms with Crippen molar-refractivity contribution in [1.82, 2.24) is 9.88 Å². The fraction of sp³-hybridized carbons (Fsp3) is 0.286. The molecule has 2 N–H and O–H groups in total. The first kappa shape index (κ1) is 12.7. The second-order valence-electron chi connectivity index (χ2n) is 4.88. The van der Waals surface area contributed by atoms with Crippen molar-refractivity contribution in [3.05, 3.63) is 36.3 Å². The van der Waals surface area contributed by atoms with Gasteiger partial charge in [0.15, 0.2) is 0 Å². The fourth-order valence-electron chi connectivity index (χ4n) is 2.52. The molecule has 0 aliphatic carbocycles. The number of likely N-dealkylation sites (tertiary alicyclic amines) is 1. The Bertz CT molecular complexity index is 662. The number of hydrogen-bond acceptors (Lipinski definition) is 3. The number of carboxylic acid groups (broad SMARTS) is 1. The maximum Gasteiger partial charge on any atom is 0.407 e. The van der Waals surface area contributed by atoms with Crippen LogP contribution in [0.4, 0.5) is 14.9 Å². The molecule has 6 heteroatoms. The number of halogens is 1. The molecule has 3 rings (SSSR count). The Kier molecular flexibility index (Phi) is 3.14. The number of pyridine rings is 1. The van der Waals surface area contributed by atoms with Crippen molar-refractivity contribution in [3.63, 3.8) is 0 Å². The zero-order chi connectivity index (χ0) is 14.1. The van der Waals surface area contributed by atoms with Crippen LogP contribution in [0.15, 0.2) is 30.5 Å². The van der Waals surface area contributed by atoms with Crippen LogP contribution < -0.4 is 5.32 Å². The third kappa shape index (κ3) is 2.36.